The van der Waals surface area contributed by atoms with Crippen LogP contribution < -0.4 is 11.0 Å². The van der Waals surface area contributed by atoms with Crippen LogP contribution in [0.25, 0.3) is 5.52 Å². The highest BCUT2D eigenvalue weighted by Crippen LogP contribution is 2.12. The van der Waals surface area contributed by atoms with Crippen molar-refractivity contribution in [1.29, 1.82) is 0 Å². The Bertz CT molecular complexity index is 958. The first kappa shape index (κ1) is 15.4. The van der Waals surface area contributed by atoms with E-state index < -0.39 is 11.2 Å². The van der Waals surface area contributed by atoms with Crippen LogP contribution in [0.5, 0.6) is 5.75 Å². The van der Waals surface area contributed by atoms with Gasteiger partial charge in [-0.05, 0) is 30.5 Å². The molecule has 0 aliphatic heterocycles. The molecule has 118 valence electrons. The lowest BCUT2D eigenvalue weighted by Gasteiger charge is -2.09. The fourth-order valence-corrected chi connectivity index (χ4v) is 2.64. The van der Waals surface area contributed by atoms with Crippen molar-refractivity contribution >= 4 is 17.1 Å². The van der Waals surface area contributed by atoms with Gasteiger partial charge in [-0.25, -0.2) is 0 Å². The molecular formula is C17H15ClN2O3. The smallest absolute Gasteiger partial charge is 0.278 e. The zero-order valence-corrected chi connectivity index (χ0v) is 13.0. The molecule has 0 aliphatic rings. The number of aromatic hydroxyl groups is 1. The second-order valence-corrected chi connectivity index (χ2v) is 5.75. The van der Waals surface area contributed by atoms with Crippen LogP contribution in [0.3, 0.4) is 0 Å². The molecule has 0 bridgehead atoms. The van der Waals surface area contributed by atoms with Crippen LogP contribution in [0, 0.1) is 0 Å². The molecule has 23 heavy (non-hydrogen) atoms. The summed E-state index contributed by atoms with van der Waals surface area (Å²) in [6, 6.07) is 8.81. The number of aryl methyl sites for hydroxylation is 2. The molecule has 3 aromatic rings. The van der Waals surface area contributed by atoms with Gasteiger partial charge in [-0.2, -0.15) is 0 Å². The summed E-state index contributed by atoms with van der Waals surface area (Å²) in [6.07, 6.45) is 6.34. The zero-order valence-electron chi connectivity index (χ0n) is 12.3. The van der Waals surface area contributed by atoms with Gasteiger partial charge in [0.1, 0.15) is 0 Å². The van der Waals surface area contributed by atoms with Gasteiger partial charge in [0.05, 0.1) is 0 Å². The highest BCUT2D eigenvalue weighted by atomic mass is 35.5. The van der Waals surface area contributed by atoms with Crippen LogP contribution >= 0.6 is 11.6 Å². The van der Waals surface area contributed by atoms with E-state index in [1.807, 2.05) is 24.3 Å². The summed E-state index contributed by atoms with van der Waals surface area (Å²) in [7, 11) is 0. The minimum atomic E-state index is -0.555. The van der Waals surface area contributed by atoms with Crippen LogP contribution in [0.1, 0.15) is 12.0 Å². The summed E-state index contributed by atoms with van der Waals surface area (Å²) >= 11 is 5.85. The molecule has 1 N–H and O–H groups in total. The number of rotatable bonds is 4. The molecule has 0 atom stereocenters. The highest BCUT2D eigenvalue weighted by Gasteiger charge is 2.09. The number of halogens is 1. The summed E-state index contributed by atoms with van der Waals surface area (Å²) in [5.41, 5.74) is 0.216. The second-order valence-electron chi connectivity index (χ2n) is 5.31. The second kappa shape index (κ2) is 6.30. The topological polar surface area (TPSA) is 63.7 Å². The quantitative estimate of drug-likeness (QED) is 0.799. The third-order valence-corrected chi connectivity index (χ3v) is 4.00. The van der Waals surface area contributed by atoms with E-state index in [0.29, 0.717) is 11.6 Å². The first-order chi connectivity index (χ1) is 11.1. The maximum atomic E-state index is 12.4. The molecule has 0 radical (unpaired) electrons. The minimum absolute atomic E-state index is 0.00601. The number of fused-ring (bicyclic) bond motifs is 1. The molecule has 2 heterocycles. The average molecular weight is 331 g/mol. The summed E-state index contributed by atoms with van der Waals surface area (Å²) in [4.78, 5) is 23.9. The van der Waals surface area contributed by atoms with Crippen molar-refractivity contribution in [3.05, 3.63) is 80.1 Å². The first-order valence-electron chi connectivity index (χ1n) is 7.24. The lowest BCUT2D eigenvalue weighted by atomic mass is 10.1. The van der Waals surface area contributed by atoms with Gasteiger partial charge in [0.15, 0.2) is 11.3 Å². The van der Waals surface area contributed by atoms with Crippen molar-refractivity contribution in [3.63, 3.8) is 0 Å². The molecule has 3 rings (SSSR count). The third kappa shape index (κ3) is 3.14. The van der Waals surface area contributed by atoms with Crippen LogP contribution in [0.15, 0.2) is 58.5 Å². The fourth-order valence-electron chi connectivity index (χ4n) is 2.51. The number of pyridine rings is 1. The molecule has 0 unspecified atom stereocenters. The van der Waals surface area contributed by atoms with Crippen LogP contribution in [-0.2, 0) is 13.0 Å². The van der Waals surface area contributed by atoms with Crippen LogP contribution in [-0.4, -0.2) is 14.1 Å². The van der Waals surface area contributed by atoms with E-state index in [1.165, 1.54) is 21.2 Å². The Labute approximate surface area is 137 Å². The minimum Gasteiger partial charge on any atom is -0.503 e. The number of nitrogens with zero attached hydrogens (tertiary/aromatic N) is 2. The van der Waals surface area contributed by atoms with Gasteiger partial charge < -0.3 is 14.1 Å². The maximum Gasteiger partial charge on any atom is 0.278 e. The van der Waals surface area contributed by atoms with Gasteiger partial charge in [0.2, 0.25) is 5.43 Å². The monoisotopic (exact) mass is 330 g/mol. The van der Waals surface area contributed by atoms with E-state index in [-0.39, 0.29) is 11.1 Å². The Hall–Kier alpha value is -2.53. The van der Waals surface area contributed by atoms with Crippen molar-refractivity contribution in [2.75, 3.05) is 0 Å². The number of benzene rings is 1. The van der Waals surface area contributed by atoms with Crippen molar-refractivity contribution in [3.8, 4) is 5.75 Å². The van der Waals surface area contributed by atoms with Gasteiger partial charge >= 0.3 is 0 Å². The Balaban J connectivity index is 1.82. The van der Waals surface area contributed by atoms with Gasteiger partial charge in [0, 0.05) is 36.2 Å². The van der Waals surface area contributed by atoms with E-state index in [1.54, 1.807) is 12.4 Å². The molecule has 0 saturated carbocycles. The normalized spacial score (nSPS) is 11.0. The molecule has 2 aromatic heterocycles. The Kier molecular flexibility index (Phi) is 4.21. The Morgan fingerprint density at radius 1 is 1.00 bits per heavy atom. The van der Waals surface area contributed by atoms with Gasteiger partial charge in [0.25, 0.3) is 5.56 Å². The van der Waals surface area contributed by atoms with Crippen molar-refractivity contribution in [2.24, 2.45) is 0 Å². The Morgan fingerprint density at radius 2 is 1.74 bits per heavy atom. The maximum absolute atomic E-state index is 12.4. The van der Waals surface area contributed by atoms with E-state index in [2.05, 4.69) is 0 Å². The zero-order chi connectivity index (χ0) is 16.4. The summed E-state index contributed by atoms with van der Waals surface area (Å²) in [5.74, 6) is -0.510. The standard InChI is InChI=1S/C17H15ClN2O3/c18-13-5-3-12(4-6-13)2-1-8-20-11-10-19-9-7-14(21)16(22)15(19)17(20)23/h3-7,9-11,22H,1-2,8H2. The molecule has 0 aliphatic carbocycles. The first-order valence-corrected chi connectivity index (χ1v) is 7.62. The fraction of sp³-hybridized carbons (Fsp3) is 0.176. The van der Waals surface area contributed by atoms with Crippen LogP contribution in [0.4, 0.5) is 0 Å². The third-order valence-electron chi connectivity index (χ3n) is 3.75. The van der Waals surface area contributed by atoms with E-state index in [9.17, 15) is 14.7 Å². The SMILES string of the molecule is O=c1ccn2ccn(CCCc3ccc(Cl)cc3)c(=O)c2c1O. The molecule has 0 spiro atoms. The highest BCUT2D eigenvalue weighted by molar-refractivity contribution is 6.30. The molecule has 5 nitrogen and oxygen atoms in total. The van der Waals surface area contributed by atoms with Gasteiger partial charge in [-0.15, -0.1) is 0 Å². The largest absolute Gasteiger partial charge is 0.503 e. The molecular weight excluding hydrogens is 316 g/mol. The van der Waals surface area contributed by atoms with Gasteiger partial charge in [-0.1, -0.05) is 23.7 Å². The number of hydrogen-bond acceptors (Lipinski definition) is 3. The Morgan fingerprint density at radius 3 is 2.48 bits per heavy atom. The van der Waals surface area contributed by atoms with Crippen molar-refractivity contribution in [1.82, 2.24) is 8.97 Å². The average Bonchev–Trinajstić information content (AvgIpc) is 2.55. The summed E-state index contributed by atoms with van der Waals surface area (Å²) in [6.45, 7) is 0.500. The lowest BCUT2D eigenvalue weighted by molar-refractivity contribution is 0.471. The van der Waals surface area contributed by atoms with E-state index in [0.717, 1.165) is 18.4 Å². The van der Waals surface area contributed by atoms with Crippen molar-refractivity contribution in [2.45, 2.75) is 19.4 Å². The number of hydrogen-bond donors (Lipinski definition) is 1. The van der Waals surface area contributed by atoms with Crippen molar-refractivity contribution < 1.29 is 5.11 Å². The van der Waals surface area contributed by atoms with E-state index >= 15 is 0 Å². The van der Waals surface area contributed by atoms with Crippen LogP contribution in [0.2, 0.25) is 5.02 Å². The predicted octanol–water partition coefficient (Wildman–Crippen LogP) is 2.45. The molecule has 6 heteroatoms. The van der Waals surface area contributed by atoms with E-state index in [4.69, 9.17) is 11.6 Å². The molecule has 0 saturated heterocycles. The lowest BCUT2D eigenvalue weighted by Crippen LogP contribution is -2.23. The molecule has 0 fully saturated rings. The molecule has 0 amide bonds. The number of aromatic nitrogens is 2. The van der Waals surface area contributed by atoms with Gasteiger partial charge in [-0.3, -0.25) is 9.59 Å². The summed E-state index contributed by atoms with van der Waals surface area (Å²) < 4.78 is 2.96. The summed E-state index contributed by atoms with van der Waals surface area (Å²) in [5, 5.41) is 10.5. The predicted molar refractivity (Wildman–Crippen MR) is 89.4 cm³/mol. The molecule has 1 aromatic carbocycles.